The van der Waals surface area contributed by atoms with Crippen molar-refractivity contribution in [2.24, 2.45) is 0 Å². The summed E-state index contributed by atoms with van der Waals surface area (Å²) in [7, 11) is 1.43. The van der Waals surface area contributed by atoms with Gasteiger partial charge in [-0.15, -0.1) is 0 Å². The number of rotatable bonds is 6. The molecule has 2 aromatic carbocycles. The molecule has 0 unspecified atom stereocenters. The highest BCUT2D eigenvalue weighted by molar-refractivity contribution is 8.18. The first-order valence-corrected chi connectivity index (χ1v) is 9.26. The summed E-state index contributed by atoms with van der Waals surface area (Å²) < 4.78 is 10.8. The number of ether oxygens (including phenoxy) is 2. The first kappa shape index (κ1) is 19.8. The van der Waals surface area contributed by atoms with Crippen LogP contribution in [0.4, 0.5) is 10.5 Å². The minimum atomic E-state index is -0.469. The van der Waals surface area contributed by atoms with E-state index < -0.39 is 11.1 Å². The number of halogens is 1. The van der Waals surface area contributed by atoms with E-state index in [1.54, 1.807) is 36.4 Å². The van der Waals surface area contributed by atoms with E-state index in [1.165, 1.54) is 13.2 Å². The fraction of sp³-hybridized carbons (Fsp3) is 0.105. The first-order valence-electron chi connectivity index (χ1n) is 8.06. The van der Waals surface area contributed by atoms with Gasteiger partial charge >= 0.3 is 0 Å². The molecule has 7 nitrogen and oxygen atoms in total. The van der Waals surface area contributed by atoms with Gasteiger partial charge in [0.05, 0.1) is 17.0 Å². The van der Waals surface area contributed by atoms with Crippen LogP contribution < -0.4 is 20.1 Å². The van der Waals surface area contributed by atoms with Gasteiger partial charge in [-0.25, -0.2) is 0 Å². The predicted molar refractivity (Wildman–Crippen MR) is 108 cm³/mol. The number of anilines is 1. The molecule has 1 fully saturated rings. The zero-order chi connectivity index (χ0) is 20.1. The molecule has 0 aromatic heterocycles. The Hall–Kier alpha value is -2.97. The smallest absolute Gasteiger partial charge is 0.290 e. The summed E-state index contributed by atoms with van der Waals surface area (Å²) >= 11 is 7.07. The molecule has 3 amide bonds. The second-order valence-electron chi connectivity index (χ2n) is 5.59. The van der Waals surface area contributed by atoms with E-state index in [4.69, 9.17) is 21.1 Å². The Morgan fingerprint density at radius 1 is 1.25 bits per heavy atom. The maximum atomic E-state index is 12.1. The van der Waals surface area contributed by atoms with Crippen LogP contribution in [-0.4, -0.2) is 30.8 Å². The lowest BCUT2D eigenvalue weighted by molar-refractivity contribution is -0.118. The number of nitrogens with one attached hydrogen (secondary N) is 2. The van der Waals surface area contributed by atoms with Gasteiger partial charge in [-0.05, 0) is 47.7 Å². The van der Waals surface area contributed by atoms with Crippen LogP contribution in [0, 0.1) is 0 Å². The van der Waals surface area contributed by atoms with Crippen molar-refractivity contribution in [2.45, 2.75) is 0 Å². The molecular weight excluding hydrogens is 404 g/mol. The Balaban J connectivity index is 1.73. The van der Waals surface area contributed by atoms with E-state index in [-0.39, 0.29) is 28.2 Å². The highest BCUT2D eigenvalue weighted by Gasteiger charge is 2.25. The Kier molecular flexibility index (Phi) is 6.23. The third kappa shape index (κ3) is 4.85. The van der Waals surface area contributed by atoms with Crippen molar-refractivity contribution >= 4 is 52.2 Å². The van der Waals surface area contributed by atoms with Gasteiger partial charge in [-0.3, -0.25) is 19.7 Å². The summed E-state index contributed by atoms with van der Waals surface area (Å²) in [4.78, 5) is 35.2. The van der Waals surface area contributed by atoms with E-state index in [0.29, 0.717) is 17.0 Å². The summed E-state index contributed by atoms with van der Waals surface area (Å²) in [5, 5.41) is 4.65. The molecule has 0 aliphatic carbocycles. The number of methoxy groups -OCH3 is 1. The summed E-state index contributed by atoms with van der Waals surface area (Å²) in [5.41, 5.74) is 1.20. The highest BCUT2D eigenvalue weighted by atomic mass is 35.5. The van der Waals surface area contributed by atoms with Crippen molar-refractivity contribution in [3.8, 4) is 11.5 Å². The minimum absolute atomic E-state index is 0.202. The number of thioether (sulfide) groups is 1. The second kappa shape index (κ2) is 8.81. The van der Waals surface area contributed by atoms with Crippen LogP contribution in [0.25, 0.3) is 6.08 Å². The molecule has 2 aromatic rings. The fourth-order valence-electron chi connectivity index (χ4n) is 2.39. The minimum Gasteiger partial charge on any atom is -0.493 e. The SMILES string of the molecule is COc1cc(/C=C2\SC(=O)NC2=O)cc(Cl)c1OCC(=O)Nc1ccccc1. The number of imide groups is 1. The van der Waals surface area contributed by atoms with E-state index in [1.807, 2.05) is 6.07 Å². The molecule has 1 aliphatic rings. The standard InChI is InChI=1S/C19H15ClN2O5S/c1-26-14-8-11(9-15-18(24)22-19(25)28-15)7-13(20)17(14)27-10-16(23)21-12-5-3-2-4-6-12/h2-9H,10H2,1H3,(H,21,23)(H,22,24,25)/b15-9-. The Labute approximate surface area is 170 Å². The quantitative estimate of drug-likeness (QED) is 0.695. The molecule has 28 heavy (non-hydrogen) atoms. The van der Waals surface area contributed by atoms with Gasteiger partial charge in [0, 0.05) is 5.69 Å². The van der Waals surface area contributed by atoms with Crippen molar-refractivity contribution < 1.29 is 23.9 Å². The zero-order valence-corrected chi connectivity index (χ0v) is 16.2. The van der Waals surface area contributed by atoms with E-state index in [0.717, 1.165) is 11.8 Å². The molecule has 1 saturated heterocycles. The summed E-state index contributed by atoms with van der Waals surface area (Å²) in [6, 6.07) is 12.1. The lowest BCUT2D eigenvalue weighted by Gasteiger charge is -2.13. The van der Waals surface area contributed by atoms with Gasteiger partial charge in [-0.1, -0.05) is 29.8 Å². The molecule has 3 rings (SSSR count). The van der Waals surface area contributed by atoms with Crippen molar-refractivity contribution in [1.82, 2.24) is 5.32 Å². The molecular formula is C19H15ClN2O5S. The van der Waals surface area contributed by atoms with Crippen molar-refractivity contribution in [1.29, 1.82) is 0 Å². The van der Waals surface area contributed by atoms with Crippen LogP contribution in [0.1, 0.15) is 5.56 Å². The number of amides is 3. The Morgan fingerprint density at radius 3 is 2.64 bits per heavy atom. The lowest BCUT2D eigenvalue weighted by atomic mass is 10.2. The molecule has 144 valence electrons. The molecule has 0 spiro atoms. The van der Waals surface area contributed by atoms with Crippen LogP contribution in [0.3, 0.4) is 0 Å². The topological polar surface area (TPSA) is 93.7 Å². The van der Waals surface area contributed by atoms with Gasteiger partial charge in [0.1, 0.15) is 0 Å². The summed E-state index contributed by atoms with van der Waals surface area (Å²) in [5.74, 6) is -0.327. The largest absolute Gasteiger partial charge is 0.493 e. The second-order valence-corrected chi connectivity index (χ2v) is 7.01. The molecule has 0 atom stereocenters. The van der Waals surface area contributed by atoms with Crippen LogP contribution in [0.2, 0.25) is 5.02 Å². The average molecular weight is 419 g/mol. The maximum absolute atomic E-state index is 12.1. The lowest BCUT2D eigenvalue weighted by Crippen LogP contribution is -2.20. The van der Waals surface area contributed by atoms with Gasteiger partial charge in [0.15, 0.2) is 18.1 Å². The predicted octanol–water partition coefficient (Wildman–Crippen LogP) is 3.69. The van der Waals surface area contributed by atoms with Crippen molar-refractivity contribution in [2.75, 3.05) is 19.0 Å². The van der Waals surface area contributed by atoms with Gasteiger partial charge in [0.2, 0.25) is 0 Å². The van der Waals surface area contributed by atoms with Crippen LogP contribution in [0.5, 0.6) is 11.5 Å². The number of hydrogen-bond donors (Lipinski definition) is 2. The van der Waals surface area contributed by atoms with Gasteiger partial charge < -0.3 is 14.8 Å². The summed E-state index contributed by atoms with van der Waals surface area (Å²) in [6.45, 7) is -0.266. The normalized spacial score (nSPS) is 14.7. The number of benzene rings is 2. The molecule has 2 N–H and O–H groups in total. The molecule has 0 bridgehead atoms. The molecule has 1 aliphatic heterocycles. The van der Waals surface area contributed by atoms with Gasteiger partial charge in [0.25, 0.3) is 17.1 Å². The van der Waals surface area contributed by atoms with Crippen molar-refractivity contribution in [3.63, 3.8) is 0 Å². The van der Waals surface area contributed by atoms with Crippen molar-refractivity contribution in [3.05, 3.63) is 58.0 Å². The summed E-state index contributed by atoms with van der Waals surface area (Å²) in [6.07, 6.45) is 1.52. The zero-order valence-electron chi connectivity index (χ0n) is 14.7. The van der Waals surface area contributed by atoms with E-state index in [2.05, 4.69) is 10.6 Å². The third-order valence-electron chi connectivity index (χ3n) is 3.60. The van der Waals surface area contributed by atoms with Crippen LogP contribution >= 0.6 is 23.4 Å². The molecule has 0 saturated carbocycles. The van der Waals surface area contributed by atoms with Gasteiger partial charge in [-0.2, -0.15) is 0 Å². The fourth-order valence-corrected chi connectivity index (χ4v) is 3.35. The molecule has 1 heterocycles. The van der Waals surface area contributed by atoms with E-state index >= 15 is 0 Å². The number of carbonyl (C=O) groups excluding carboxylic acids is 3. The first-order chi connectivity index (χ1) is 13.5. The number of hydrogen-bond acceptors (Lipinski definition) is 6. The molecule has 9 heteroatoms. The number of para-hydroxylation sites is 1. The highest BCUT2D eigenvalue weighted by Crippen LogP contribution is 2.38. The van der Waals surface area contributed by atoms with Crippen LogP contribution in [0.15, 0.2) is 47.4 Å². The third-order valence-corrected chi connectivity index (χ3v) is 4.69. The van der Waals surface area contributed by atoms with Crippen LogP contribution in [-0.2, 0) is 9.59 Å². The van der Waals surface area contributed by atoms with E-state index in [9.17, 15) is 14.4 Å². The Bertz CT molecular complexity index is 962. The average Bonchev–Trinajstić information content (AvgIpc) is 2.98. The Morgan fingerprint density at radius 2 is 2.00 bits per heavy atom. The monoisotopic (exact) mass is 418 g/mol. The maximum Gasteiger partial charge on any atom is 0.290 e. The molecule has 0 radical (unpaired) electrons. The number of carbonyl (C=O) groups is 3.